The Bertz CT molecular complexity index is 1210. The molecule has 1 atom stereocenters. The van der Waals surface area contributed by atoms with Crippen molar-refractivity contribution in [1.29, 1.82) is 0 Å². The fraction of sp³-hybridized carbons (Fsp3) is 0.0952. The zero-order valence-electron chi connectivity index (χ0n) is 16.4. The van der Waals surface area contributed by atoms with E-state index in [9.17, 15) is 13.2 Å². The Morgan fingerprint density at radius 2 is 1.97 bits per heavy atom. The van der Waals surface area contributed by atoms with E-state index in [1.807, 2.05) is 37.3 Å². The number of fused-ring (bicyclic) bond motifs is 1. The molecule has 2 heterocycles. The van der Waals surface area contributed by atoms with E-state index >= 15 is 0 Å². The van der Waals surface area contributed by atoms with Gasteiger partial charge in [-0.3, -0.25) is 13.8 Å². The molecule has 2 aliphatic heterocycles. The van der Waals surface area contributed by atoms with E-state index in [0.29, 0.717) is 10.7 Å². The molecule has 0 aromatic heterocycles. The van der Waals surface area contributed by atoms with Gasteiger partial charge in [-0.25, -0.2) is 8.42 Å². The van der Waals surface area contributed by atoms with Crippen molar-refractivity contribution in [1.82, 2.24) is 14.3 Å². The molecule has 0 saturated carbocycles. The molecule has 0 radical (unpaired) electrons. The number of sulfonamides is 1. The van der Waals surface area contributed by atoms with E-state index in [2.05, 4.69) is 14.8 Å². The van der Waals surface area contributed by atoms with Crippen molar-refractivity contribution in [2.75, 3.05) is 4.72 Å². The van der Waals surface area contributed by atoms with Crippen LogP contribution in [0.1, 0.15) is 28.9 Å². The smallest absolute Gasteiger partial charge is 0.264 e. The zero-order chi connectivity index (χ0) is 22.0. The Morgan fingerprint density at radius 1 is 1.19 bits per heavy atom. The summed E-state index contributed by atoms with van der Waals surface area (Å²) in [6.45, 7) is 1.86. The van der Waals surface area contributed by atoms with Gasteiger partial charge >= 0.3 is 0 Å². The van der Waals surface area contributed by atoms with Crippen LogP contribution in [0.15, 0.2) is 83.7 Å². The van der Waals surface area contributed by atoms with Crippen LogP contribution < -0.4 is 14.8 Å². The first kappa shape index (κ1) is 21.4. The van der Waals surface area contributed by atoms with E-state index in [1.165, 1.54) is 30.3 Å². The summed E-state index contributed by atoms with van der Waals surface area (Å²) < 4.78 is 33.4. The lowest BCUT2D eigenvalue weighted by atomic mass is 10.1. The number of carbonyl (C=O) groups is 1. The molecule has 0 aliphatic carbocycles. The number of nitrogens with zero attached hydrogens (tertiary/aromatic N) is 1. The molecule has 2 aliphatic rings. The lowest BCUT2D eigenvalue weighted by molar-refractivity contribution is 0.0941. The van der Waals surface area contributed by atoms with Gasteiger partial charge < -0.3 is 10.0 Å². The normalized spacial score (nSPS) is 16.0. The van der Waals surface area contributed by atoms with E-state index in [4.69, 9.17) is 11.6 Å². The minimum Gasteiger partial charge on any atom is -0.345 e. The molecule has 2 aromatic carbocycles. The van der Waals surface area contributed by atoms with Crippen molar-refractivity contribution in [3.63, 3.8) is 0 Å². The van der Waals surface area contributed by atoms with Gasteiger partial charge in [0.25, 0.3) is 15.9 Å². The highest BCUT2D eigenvalue weighted by molar-refractivity contribution is 7.97. The summed E-state index contributed by atoms with van der Waals surface area (Å²) in [6.07, 6.45) is 6.49. The second-order valence-corrected chi connectivity index (χ2v) is 9.74. The van der Waals surface area contributed by atoms with Gasteiger partial charge in [-0.2, -0.15) is 0 Å². The van der Waals surface area contributed by atoms with E-state index in [1.54, 1.807) is 28.8 Å². The van der Waals surface area contributed by atoms with Crippen molar-refractivity contribution < 1.29 is 13.2 Å². The first-order valence-electron chi connectivity index (χ1n) is 9.34. The summed E-state index contributed by atoms with van der Waals surface area (Å²) >= 11 is 7.35. The Kier molecular flexibility index (Phi) is 5.99. The number of hydrogen-bond acceptors (Lipinski definition) is 6. The highest BCUT2D eigenvalue weighted by atomic mass is 35.5. The second kappa shape index (κ2) is 8.70. The monoisotopic (exact) mass is 474 g/mol. The topological polar surface area (TPSA) is 90.5 Å². The molecule has 0 fully saturated rings. The number of amides is 1. The summed E-state index contributed by atoms with van der Waals surface area (Å²) in [6, 6.07) is 13.7. The van der Waals surface area contributed by atoms with Crippen LogP contribution in [0.3, 0.4) is 0 Å². The number of allylic oxidation sites excluding steroid dienone is 2. The molecule has 4 rings (SSSR count). The first-order valence-corrected chi connectivity index (χ1v) is 12.0. The molecule has 0 bridgehead atoms. The Labute approximate surface area is 190 Å². The van der Waals surface area contributed by atoms with Gasteiger partial charge in [0.05, 0.1) is 35.1 Å². The maximum Gasteiger partial charge on any atom is 0.264 e. The van der Waals surface area contributed by atoms with E-state index in [-0.39, 0.29) is 22.2 Å². The van der Waals surface area contributed by atoms with E-state index < -0.39 is 15.9 Å². The molecule has 160 valence electrons. The average Bonchev–Trinajstić information content (AvgIpc) is 3.23. The predicted molar refractivity (Wildman–Crippen MR) is 124 cm³/mol. The molecule has 7 nitrogen and oxygen atoms in total. The van der Waals surface area contributed by atoms with Crippen LogP contribution in [0.2, 0.25) is 5.02 Å². The summed E-state index contributed by atoms with van der Waals surface area (Å²) in [7, 11) is -3.99. The molecule has 31 heavy (non-hydrogen) atoms. The number of hydrogen-bond donors (Lipinski definition) is 3. The molecule has 3 N–H and O–H groups in total. The molecular weight excluding hydrogens is 456 g/mol. The SMILES string of the molecule is CC(NC(=O)c1ccc(Cl)cc1NS(=O)(=O)C1=CC=CN2SNC=C12)c1ccccc1. The van der Waals surface area contributed by atoms with Gasteiger partial charge in [-0.15, -0.1) is 0 Å². The average molecular weight is 475 g/mol. The van der Waals surface area contributed by atoms with Crippen LogP contribution in [0, 0.1) is 0 Å². The zero-order valence-corrected chi connectivity index (χ0v) is 18.8. The third-order valence-electron chi connectivity index (χ3n) is 4.71. The van der Waals surface area contributed by atoms with Crippen molar-refractivity contribution >= 4 is 45.4 Å². The fourth-order valence-electron chi connectivity index (χ4n) is 3.16. The van der Waals surface area contributed by atoms with Gasteiger partial charge in [0.2, 0.25) is 0 Å². The van der Waals surface area contributed by atoms with Crippen molar-refractivity contribution in [3.05, 3.63) is 99.8 Å². The van der Waals surface area contributed by atoms with Crippen molar-refractivity contribution in [3.8, 4) is 0 Å². The summed E-state index contributed by atoms with van der Waals surface area (Å²) in [5.41, 5.74) is 1.70. The third kappa shape index (κ3) is 4.58. The lowest BCUT2D eigenvalue weighted by Crippen LogP contribution is -2.28. The maximum atomic E-state index is 13.1. The van der Waals surface area contributed by atoms with Crippen LogP contribution >= 0.6 is 23.7 Å². The summed E-state index contributed by atoms with van der Waals surface area (Å²) in [5.74, 6) is -0.415. The van der Waals surface area contributed by atoms with Crippen molar-refractivity contribution in [2.45, 2.75) is 13.0 Å². The standard InChI is InChI=1S/C21H19ClN4O3S2/c1-14(15-6-3-2-4-7-15)24-21(27)17-10-9-16(22)12-18(17)25-31(28,29)20-8-5-11-26-19(20)13-23-30-26/h2-14,23,25H,1H3,(H,24,27). The Balaban J connectivity index is 1.61. The third-order valence-corrected chi connectivity index (χ3v) is 7.10. The van der Waals surface area contributed by atoms with Gasteiger partial charge in [0.15, 0.2) is 0 Å². The number of halogens is 1. The Morgan fingerprint density at radius 3 is 2.74 bits per heavy atom. The number of rotatable bonds is 6. The quantitative estimate of drug-likeness (QED) is 0.541. The van der Waals surface area contributed by atoms with Crippen LogP contribution in [0.25, 0.3) is 0 Å². The number of nitrogens with one attached hydrogen (secondary N) is 3. The van der Waals surface area contributed by atoms with Gasteiger partial charge in [-0.05, 0) is 42.8 Å². The maximum absolute atomic E-state index is 13.1. The summed E-state index contributed by atoms with van der Waals surface area (Å²) in [4.78, 5) is 13.0. The van der Waals surface area contributed by atoms with Gasteiger partial charge in [0.1, 0.15) is 4.91 Å². The molecule has 1 unspecified atom stereocenters. The van der Waals surface area contributed by atoms with Crippen molar-refractivity contribution in [2.24, 2.45) is 0 Å². The first-order chi connectivity index (χ1) is 14.8. The summed E-state index contributed by atoms with van der Waals surface area (Å²) in [5, 5.41) is 3.21. The van der Waals surface area contributed by atoms with E-state index in [0.717, 1.165) is 5.56 Å². The molecule has 1 amide bonds. The highest BCUT2D eigenvalue weighted by Gasteiger charge is 2.30. The van der Waals surface area contributed by atoms with Crippen LogP contribution in [0.4, 0.5) is 5.69 Å². The molecule has 2 aromatic rings. The minimum absolute atomic E-state index is 0.0801. The van der Waals surface area contributed by atoms with Gasteiger partial charge in [-0.1, -0.05) is 41.9 Å². The molecule has 0 saturated heterocycles. The lowest BCUT2D eigenvalue weighted by Gasteiger charge is -2.21. The molecule has 0 spiro atoms. The predicted octanol–water partition coefficient (Wildman–Crippen LogP) is 4.29. The van der Waals surface area contributed by atoms with Gasteiger partial charge in [0, 0.05) is 17.4 Å². The minimum atomic E-state index is -3.99. The Hall–Kier alpha value is -2.88. The highest BCUT2D eigenvalue weighted by Crippen LogP contribution is 2.34. The number of anilines is 1. The van der Waals surface area contributed by atoms with Crippen LogP contribution in [0.5, 0.6) is 0 Å². The second-order valence-electron chi connectivity index (χ2n) is 6.84. The molecule has 10 heteroatoms. The molecular formula is C21H19ClN4O3S2. The van der Waals surface area contributed by atoms with Crippen LogP contribution in [-0.4, -0.2) is 18.6 Å². The fourth-order valence-corrected chi connectivity index (χ4v) is 5.31. The van der Waals surface area contributed by atoms with Crippen LogP contribution in [-0.2, 0) is 10.0 Å². The number of benzene rings is 2. The largest absolute Gasteiger partial charge is 0.345 e. The number of carbonyl (C=O) groups excluding carboxylic acids is 1.